The van der Waals surface area contributed by atoms with Crippen LogP contribution in [0.1, 0.15) is 46.8 Å². The minimum Gasteiger partial charge on any atom is -0.366 e. The summed E-state index contributed by atoms with van der Waals surface area (Å²) in [6, 6.07) is 11.4. The molecule has 0 bridgehead atoms. The van der Waals surface area contributed by atoms with E-state index in [4.69, 9.17) is 5.73 Å². The van der Waals surface area contributed by atoms with Crippen LogP contribution in [0.5, 0.6) is 0 Å². The number of primary amides is 1. The van der Waals surface area contributed by atoms with Crippen molar-refractivity contribution in [2.45, 2.75) is 31.5 Å². The molecule has 154 valence electrons. The number of halogens is 3. The van der Waals surface area contributed by atoms with Gasteiger partial charge in [0.15, 0.2) is 0 Å². The van der Waals surface area contributed by atoms with Gasteiger partial charge in [0.2, 0.25) is 5.91 Å². The Bertz CT molecular complexity index is 881. The van der Waals surface area contributed by atoms with Gasteiger partial charge in [0.25, 0.3) is 5.91 Å². The number of carbonyl (C=O) groups excluding carboxylic acids is 2. The number of hydrogen-bond acceptors (Lipinski definition) is 3. The second-order valence-electron chi connectivity index (χ2n) is 7.06. The Morgan fingerprint density at radius 1 is 1.07 bits per heavy atom. The molecule has 0 radical (unpaired) electrons. The van der Waals surface area contributed by atoms with E-state index in [9.17, 15) is 22.8 Å². The van der Waals surface area contributed by atoms with Gasteiger partial charge in [0, 0.05) is 6.04 Å². The molecule has 3 N–H and O–H groups in total. The van der Waals surface area contributed by atoms with Gasteiger partial charge in [-0.05, 0) is 49.2 Å². The zero-order valence-corrected chi connectivity index (χ0v) is 15.7. The zero-order valence-electron chi connectivity index (χ0n) is 15.7. The van der Waals surface area contributed by atoms with E-state index >= 15 is 0 Å². The minimum absolute atomic E-state index is 0.0682. The fraction of sp³-hybridized carbons (Fsp3) is 0.333. The van der Waals surface area contributed by atoms with Gasteiger partial charge >= 0.3 is 6.18 Å². The highest BCUT2D eigenvalue weighted by Crippen LogP contribution is 2.34. The average molecular weight is 405 g/mol. The van der Waals surface area contributed by atoms with Crippen LogP contribution in [0.3, 0.4) is 0 Å². The summed E-state index contributed by atoms with van der Waals surface area (Å²) in [5.74, 6) is -0.945. The number of alkyl halides is 3. The van der Waals surface area contributed by atoms with Crippen LogP contribution in [0, 0.1) is 0 Å². The predicted molar refractivity (Wildman–Crippen MR) is 103 cm³/mol. The number of likely N-dealkylation sites (tertiary alicyclic amines) is 1. The summed E-state index contributed by atoms with van der Waals surface area (Å²) < 4.78 is 38.4. The Morgan fingerprint density at radius 3 is 2.41 bits per heavy atom. The third-order valence-corrected chi connectivity index (χ3v) is 5.05. The Kier molecular flexibility index (Phi) is 6.22. The molecule has 0 saturated carbocycles. The summed E-state index contributed by atoms with van der Waals surface area (Å²) in [5, 5.41) is 2.71. The van der Waals surface area contributed by atoms with Crippen molar-refractivity contribution in [1.82, 2.24) is 4.90 Å². The largest absolute Gasteiger partial charge is 0.416 e. The predicted octanol–water partition coefficient (Wildman–Crippen LogP) is 3.97. The molecule has 2 aromatic carbocycles. The molecule has 29 heavy (non-hydrogen) atoms. The van der Waals surface area contributed by atoms with Crippen LogP contribution in [0.2, 0.25) is 0 Å². The molecular formula is C21H22F3N3O2. The molecule has 8 heteroatoms. The van der Waals surface area contributed by atoms with Crippen LogP contribution >= 0.6 is 0 Å². The molecule has 0 aliphatic carbocycles. The number of anilines is 1. The van der Waals surface area contributed by atoms with Gasteiger partial charge in [0.05, 0.1) is 23.4 Å². The average Bonchev–Trinajstić information content (AvgIpc) is 2.68. The number of benzene rings is 2. The number of rotatable bonds is 5. The topological polar surface area (TPSA) is 75.4 Å². The lowest BCUT2D eigenvalue weighted by Gasteiger charge is -2.35. The third kappa shape index (κ3) is 5.14. The van der Waals surface area contributed by atoms with E-state index in [-0.39, 0.29) is 24.1 Å². The van der Waals surface area contributed by atoms with E-state index in [0.29, 0.717) is 12.2 Å². The second kappa shape index (κ2) is 8.65. The van der Waals surface area contributed by atoms with Gasteiger partial charge in [-0.25, -0.2) is 0 Å². The van der Waals surface area contributed by atoms with E-state index in [1.165, 1.54) is 18.2 Å². The molecule has 1 saturated heterocycles. The summed E-state index contributed by atoms with van der Waals surface area (Å²) in [7, 11) is 0. The molecule has 1 heterocycles. The van der Waals surface area contributed by atoms with Crippen LogP contribution in [0.4, 0.5) is 18.9 Å². The number of amides is 2. The SMILES string of the molecule is NC(=O)c1ccccc1NC(=O)CN1CCCCC1c1ccc(C(F)(F)F)cc1. The molecule has 2 amide bonds. The van der Waals surface area contributed by atoms with Gasteiger partial charge in [-0.2, -0.15) is 13.2 Å². The maximum Gasteiger partial charge on any atom is 0.416 e. The third-order valence-electron chi connectivity index (χ3n) is 5.05. The van der Waals surface area contributed by atoms with E-state index in [2.05, 4.69) is 5.32 Å². The standard InChI is InChI=1S/C21H22F3N3O2/c22-21(23,24)15-10-8-14(9-11-15)18-7-3-4-12-27(18)13-19(28)26-17-6-2-1-5-16(17)20(25)29/h1-2,5-6,8-11,18H,3-4,7,12-13H2,(H2,25,29)(H,26,28). The molecule has 5 nitrogen and oxygen atoms in total. The van der Waals surface area contributed by atoms with Gasteiger partial charge in [-0.15, -0.1) is 0 Å². The maximum atomic E-state index is 12.8. The Balaban J connectivity index is 1.72. The van der Waals surface area contributed by atoms with E-state index < -0.39 is 17.6 Å². The van der Waals surface area contributed by atoms with Crippen molar-refractivity contribution >= 4 is 17.5 Å². The molecular weight excluding hydrogens is 383 g/mol. The first kappa shape index (κ1) is 20.9. The smallest absolute Gasteiger partial charge is 0.366 e. The normalized spacial score (nSPS) is 17.7. The molecule has 1 fully saturated rings. The Morgan fingerprint density at radius 2 is 1.76 bits per heavy atom. The molecule has 3 rings (SSSR count). The van der Waals surface area contributed by atoms with Crippen molar-refractivity contribution in [1.29, 1.82) is 0 Å². The van der Waals surface area contributed by atoms with Crippen LogP contribution in [0.15, 0.2) is 48.5 Å². The first-order valence-electron chi connectivity index (χ1n) is 9.35. The van der Waals surface area contributed by atoms with Gasteiger partial charge in [0.1, 0.15) is 0 Å². The summed E-state index contributed by atoms with van der Waals surface area (Å²) >= 11 is 0. The quantitative estimate of drug-likeness (QED) is 0.790. The summed E-state index contributed by atoms with van der Waals surface area (Å²) in [5.41, 5.74) is 5.96. The molecule has 0 spiro atoms. The van der Waals surface area contributed by atoms with Crippen molar-refractivity contribution < 1.29 is 22.8 Å². The number of nitrogens with zero attached hydrogens (tertiary/aromatic N) is 1. The fourth-order valence-corrected chi connectivity index (χ4v) is 3.63. The monoisotopic (exact) mass is 405 g/mol. The highest BCUT2D eigenvalue weighted by atomic mass is 19.4. The highest BCUT2D eigenvalue weighted by Gasteiger charge is 2.31. The number of nitrogens with two attached hydrogens (primary N) is 1. The molecule has 1 aliphatic rings. The zero-order chi connectivity index (χ0) is 21.0. The minimum atomic E-state index is -4.38. The molecule has 1 unspecified atom stereocenters. The van der Waals surface area contributed by atoms with Crippen molar-refractivity contribution in [3.8, 4) is 0 Å². The fourth-order valence-electron chi connectivity index (χ4n) is 3.63. The Hall–Kier alpha value is -2.87. The van der Waals surface area contributed by atoms with Crippen molar-refractivity contribution in [3.05, 3.63) is 65.2 Å². The first-order chi connectivity index (χ1) is 13.8. The van der Waals surface area contributed by atoms with E-state index in [1.54, 1.807) is 18.2 Å². The van der Waals surface area contributed by atoms with Crippen molar-refractivity contribution in [3.63, 3.8) is 0 Å². The Labute approximate surface area is 166 Å². The summed E-state index contributed by atoms with van der Waals surface area (Å²) in [4.78, 5) is 26.0. The van der Waals surface area contributed by atoms with Crippen molar-refractivity contribution in [2.75, 3.05) is 18.4 Å². The number of nitrogens with one attached hydrogen (secondary N) is 1. The lowest BCUT2D eigenvalue weighted by Crippen LogP contribution is -2.39. The molecule has 0 aromatic heterocycles. The molecule has 1 aliphatic heterocycles. The van der Waals surface area contributed by atoms with Gasteiger partial charge < -0.3 is 11.1 Å². The number of hydrogen-bond donors (Lipinski definition) is 2. The lowest BCUT2D eigenvalue weighted by atomic mass is 9.94. The van der Waals surface area contributed by atoms with E-state index in [1.807, 2.05) is 4.90 Å². The second-order valence-corrected chi connectivity index (χ2v) is 7.06. The van der Waals surface area contributed by atoms with Crippen LogP contribution in [-0.2, 0) is 11.0 Å². The number of piperidine rings is 1. The maximum absolute atomic E-state index is 12.8. The first-order valence-corrected chi connectivity index (χ1v) is 9.35. The summed E-state index contributed by atoms with van der Waals surface area (Å²) in [6.07, 6.45) is -1.77. The van der Waals surface area contributed by atoms with Gasteiger partial charge in [-0.1, -0.05) is 30.7 Å². The van der Waals surface area contributed by atoms with Crippen LogP contribution < -0.4 is 11.1 Å². The van der Waals surface area contributed by atoms with E-state index in [0.717, 1.165) is 37.0 Å². The van der Waals surface area contributed by atoms with Gasteiger partial charge in [-0.3, -0.25) is 14.5 Å². The number of para-hydroxylation sites is 1. The van der Waals surface area contributed by atoms with Crippen LogP contribution in [0.25, 0.3) is 0 Å². The highest BCUT2D eigenvalue weighted by molar-refractivity contribution is 6.03. The molecule has 2 aromatic rings. The number of carbonyl (C=O) groups is 2. The summed E-state index contributed by atoms with van der Waals surface area (Å²) in [6.45, 7) is 0.732. The van der Waals surface area contributed by atoms with Crippen LogP contribution in [-0.4, -0.2) is 29.8 Å². The molecule has 1 atom stereocenters. The lowest BCUT2D eigenvalue weighted by molar-refractivity contribution is -0.137. The van der Waals surface area contributed by atoms with Crippen molar-refractivity contribution in [2.24, 2.45) is 5.73 Å².